The lowest BCUT2D eigenvalue weighted by Crippen LogP contribution is -2.34. The predicted octanol–water partition coefficient (Wildman–Crippen LogP) is 6.56. The molecule has 1 heterocycles. The van der Waals surface area contributed by atoms with Crippen LogP contribution < -0.4 is 4.74 Å². The molecule has 6 heteroatoms. The van der Waals surface area contributed by atoms with Crippen LogP contribution in [0, 0.1) is 0 Å². The van der Waals surface area contributed by atoms with Gasteiger partial charge in [0, 0.05) is 13.7 Å². The number of hydrogen-bond donors (Lipinski definition) is 0. The lowest BCUT2D eigenvalue weighted by atomic mass is 10.1. The quantitative estimate of drug-likeness (QED) is 0.197. The van der Waals surface area contributed by atoms with Crippen molar-refractivity contribution in [1.29, 1.82) is 0 Å². The molecule has 1 aromatic heterocycles. The van der Waals surface area contributed by atoms with Crippen LogP contribution in [0.25, 0.3) is 5.57 Å². The summed E-state index contributed by atoms with van der Waals surface area (Å²) in [7, 11) is 3.95. The Hall–Kier alpha value is -0.980. The zero-order chi connectivity index (χ0) is 21.3. The lowest BCUT2D eigenvalue weighted by Gasteiger charge is -2.27. The van der Waals surface area contributed by atoms with Crippen LogP contribution >= 0.6 is 11.7 Å². The maximum atomic E-state index is 6.01. The molecule has 0 saturated heterocycles. The molecule has 0 fully saturated rings. The molecule has 0 radical (unpaired) electrons. The van der Waals surface area contributed by atoms with E-state index in [2.05, 4.69) is 47.5 Å². The van der Waals surface area contributed by atoms with Crippen molar-refractivity contribution in [2.24, 2.45) is 0 Å². The van der Waals surface area contributed by atoms with E-state index in [0.29, 0.717) is 12.5 Å². The summed E-state index contributed by atoms with van der Waals surface area (Å²) in [5.41, 5.74) is 2.12. The molecule has 0 aliphatic heterocycles. The Balaban J connectivity index is 2.80. The van der Waals surface area contributed by atoms with E-state index in [-0.39, 0.29) is 6.23 Å². The number of likely N-dealkylation sites (N-methyl/N-ethyl adjacent to an activating group) is 1. The molecule has 0 spiro atoms. The molecule has 5 nitrogen and oxygen atoms in total. The van der Waals surface area contributed by atoms with E-state index in [4.69, 9.17) is 9.47 Å². The van der Waals surface area contributed by atoms with Crippen molar-refractivity contribution in [1.82, 2.24) is 13.6 Å². The zero-order valence-corrected chi connectivity index (χ0v) is 20.2. The Kier molecular flexibility index (Phi) is 15.1. The van der Waals surface area contributed by atoms with Gasteiger partial charge in [0.1, 0.15) is 11.9 Å². The number of aromatic nitrogens is 2. The van der Waals surface area contributed by atoms with Crippen LogP contribution in [-0.4, -0.2) is 47.2 Å². The number of methoxy groups -OCH3 is 1. The van der Waals surface area contributed by atoms with E-state index in [0.717, 1.165) is 31.5 Å². The van der Waals surface area contributed by atoms with E-state index in [9.17, 15) is 0 Å². The van der Waals surface area contributed by atoms with Crippen LogP contribution in [0.4, 0.5) is 0 Å². The molecular formula is C23H43N3O2S. The Morgan fingerprint density at radius 3 is 2.41 bits per heavy atom. The Morgan fingerprint density at radius 1 is 1.00 bits per heavy atom. The number of hydrogen-bond acceptors (Lipinski definition) is 6. The Labute approximate surface area is 183 Å². The smallest absolute Gasteiger partial charge is 0.253 e. The maximum absolute atomic E-state index is 6.01. The number of allylic oxidation sites excluding steroid dienone is 1. The molecule has 1 aromatic rings. The fourth-order valence-electron chi connectivity index (χ4n) is 3.34. The van der Waals surface area contributed by atoms with E-state index >= 15 is 0 Å². The summed E-state index contributed by atoms with van der Waals surface area (Å²) in [6, 6.07) is 0. The normalized spacial score (nSPS) is 13.2. The minimum atomic E-state index is 0.126. The molecule has 0 aromatic carbocycles. The minimum absolute atomic E-state index is 0.126. The average molecular weight is 426 g/mol. The highest BCUT2D eigenvalue weighted by Crippen LogP contribution is 2.27. The van der Waals surface area contributed by atoms with Crippen LogP contribution in [-0.2, 0) is 4.74 Å². The molecule has 0 amide bonds. The first-order valence-corrected chi connectivity index (χ1v) is 12.3. The van der Waals surface area contributed by atoms with Crippen molar-refractivity contribution < 1.29 is 9.47 Å². The van der Waals surface area contributed by atoms with Gasteiger partial charge < -0.3 is 9.47 Å². The third kappa shape index (κ3) is 10.6. The molecule has 1 rings (SSSR count). The maximum Gasteiger partial charge on any atom is 0.253 e. The number of nitrogens with zero attached hydrogens (tertiary/aromatic N) is 3. The molecular weight excluding hydrogens is 382 g/mol. The van der Waals surface area contributed by atoms with Gasteiger partial charge in [-0.15, -0.1) is 4.37 Å². The molecule has 29 heavy (non-hydrogen) atoms. The topological polar surface area (TPSA) is 47.5 Å². The van der Waals surface area contributed by atoms with Crippen molar-refractivity contribution in [3.05, 3.63) is 11.8 Å². The Morgan fingerprint density at radius 2 is 1.72 bits per heavy atom. The van der Waals surface area contributed by atoms with Gasteiger partial charge in [0.25, 0.3) is 5.88 Å². The first-order chi connectivity index (χ1) is 14.2. The monoisotopic (exact) mass is 425 g/mol. The van der Waals surface area contributed by atoms with E-state index in [1.807, 2.05) is 7.11 Å². The van der Waals surface area contributed by atoms with Gasteiger partial charge in [-0.25, -0.2) is 0 Å². The van der Waals surface area contributed by atoms with Gasteiger partial charge in [-0.1, -0.05) is 71.8 Å². The molecule has 0 bridgehead atoms. The van der Waals surface area contributed by atoms with Crippen molar-refractivity contribution >= 4 is 17.3 Å². The van der Waals surface area contributed by atoms with E-state index in [1.54, 1.807) is 0 Å². The standard InChI is InChI=1S/C23H43N3O2S/c1-6-9-12-15-18-28-23-22(24-29-25-23)20(16-13-10-7-2)19-26(4)21(27-5)17-14-11-8-3/h16,21H,6-15,17-19H2,1-5H3/b20-16+. The third-order valence-electron chi connectivity index (χ3n) is 5.19. The first kappa shape index (κ1) is 26.1. The third-order valence-corrected chi connectivity index (χ3v) is 5.70. The van der Waals surface area contributed by atoms with Gasteiger partial charge in [-0.3, -0.25) is 4.90 Å². The summed E-state index contributed by atoms with van der Waals surface area (Å²) in [4.78, 5) is 2.29. The summed E-state index contributed by atoms with van der Waals surface area (Å²) in [6.07, 6.45) is 15.4. The molecule has 0 aliphatic carbocycles. The van der Waals surface area contributed by atoms with Gasteiger partial charge in [0.2, 0.25) is 0 Å². The van der Waals surface area contributed by atoms with Gasteiger partial charge in [-0.2, -0.15) is 4.37 Å². The van der Waals surface area contributed by atoms with Gasteiger partial charge in [0.05, 0.1) is 18.3 Å². The van der Waals surface area contributed by atoms with Crippen molar-refractivity contribution in [3.63, 3.8) is 0 Å². The summed E-state index contributed by atoms with van der Waals surface area (Å²) >= 11 is 1.24. The van der Waals surface area contributed by atoms with Crippen molar-refractivity contribution in [2.75, 3.05) is 27.3 Å². The Bertz CT molecular complexity index is 548. The van der Waals surface area contributed by atoms with Crippen molar-refractivity contribution in [2.45, 2.75) is 97.6 Å². The number of ether oxygens (including phenoxy) is 2. The summed E-state index contributed by atoms with van der Waals surface area (Å²) in [5.74, 6) is 0.697. The van der Waals surface area contributed by atoms with Crippen molar-refractivity contribution in [3.8, 4) is 5.88 Å². The second-order valence-corrected chi connectivity index (χ2v) is 8.33. The molecule has 0 saturated carbocycles. The van der Waals surface area contributed by atoms with Crippen LogP contribution in [0.1, 0.15) is 97.1 Å². The average Bonchev–Trinajstić information content (AvgIpc) is 3.19. The lowest BCUT2D eigenvalue weighted by molar-refractivity contribution is -0.0176. The van der Waals surface area contributed by atoms with E-state index in [1.165, 1.54) is 68.7 Å². The van der Waals surface area contributed by atoms with Gasteiger partial charge in [0.15, 0.2) is 0 Å². The highest BCUT2D eigenvalue weighted by molar-refractivity contribution is 6.99. The first-order valence-electron chi connectivity index (χ1n) is 11.6. The largest absolute Gasteiger partial charge is 0.475 e. The van der Waals surface area contributed by atoms with Crippen LogP contribution in [0.2, 0.25) is 0 Å². The molecule has 0 N–H and O–H groups in total. The molecule has 0 aliphatic rings. The minimum Gasteiger partial charge on any atom is -0.475 e. The highest BCUT2D eigenvalue weighted by Gasteiger charge is 2.20. The van der Waals surface area contributed by atoms with Gasteiger partial charge >= 0.3 is 0 Å². The highest BCUT2D eigenvalue weighted by atomic mass is 32.1. The fourth-order valence-corrected chi connectivity index (χ4v) is 3.87. The zero-order valence-electron chi connectivity index (χ0n) is 19.4. The SMILES string of the molecule is CCCC/C=C(\CN(C)C(CCCCC)OC)c1nsnc1OCCCCCC. The molecule has 168 valence electrons. The number of unbranched alkanes of at least 4 members (excludes halogenated alkanes) is 7. The van der Waals surface area contributed by atoms with Crippen LogP contribution in [0.5, 0.6) is 5.88 Å². The predicted molar refractivity (Wildman–Crippen MR) is 125 cm³/mol. The fraction of sp³-hybridized carbons (Fsp3) is 0.826. The summed E-state index contributed by atoms with van der Waals surface area (Å²) < 4.78 is 20.8. The van der Waals surface area contributed by atoms with E-state index < -0.39 is 0 Å². The molecule has 1 unspecified atom stereocenters. The molecule has 1 atom stereocenters. The van der Waals surface area contributed by atoms with Crippen LogP contribution in [0.15, 0.2) is 6.08 Å². The van der Waals surface area contributed by atoms with Gasteiger partial charge in [-0.05, 0) is 38.3 Å². The second kappa shape index (κ2) is 16.8. The number of rotatable bonds is 18. The van der Waals surface area contributed by atoms with Crippen LogP contribution in [0.3, 0.4) is 0 Å². The second-order valence-electron chi connectivity index (χ2n) is 7.80. The summed E-state index contributed by atoms with van der Waals surface area (Å²) in [5, 5.41) is 0. The summed E-state index contributed by atoms with van der Waals surface area (Å²) in [6.45, 7) is 8.20.